The van der Waals surface area contributed by atoms with Crippen molar-refractivity contribution in [1.82, 2.24) is 0 Å². The highest BCUT2D eigenvalue weighted by atomic mass is 16.7. The standard InChI is InChI=1S/C6H8N6O6/c7-1-2(8)4(10(13)14)6(12(17)18)5(3(1)9)11(15)16/h4,6H,7-9H2/i4D. The van der Waals surface area contributed by atoms with E-state index in [1.54, 1.807) is 0 Å². The first kappa shape index (κ1) is 11.6. The first-order chi connectivity index (χ1) is 8.56. The summed E-state index contributed by atoms with van der Waals surface area (Å²) in [7, 11) is 0. The zero-order valence-corrected chi connectivity index (χ0v) is 8.60. The van der Waals surface area contributed by atoms with Crippen LogP contribution in [0, 0.1) is 30.3 Å². The van der Waals surface area contributed by atoms with Gasteiger partial charge in [0.15, 0.2) is 0 Å². The second-order valence-electron chi connectivity index (χ2n) is 3.21. The molecule has 12 nitrogen and oxygen atoms in total. The van der Waals surface area contributed by atoms with Gasteiger partial charge in [-0.3, -0.25) is 30.3 Å². The summed E-state index contributed by atoms with van der Waals surface area (Å²) in [6.07, 6.45) is 0. The van der Waals surface area contributed by atoms with Crippen molar-refractivity contribution in [3.05, 3.63) is 53.1 Å². The lowest BCUT2D eigenvalue weighted by atomic mass is 9.93. The van der Waals surface area contributed by atoms with E-state index < -0.39 is 49.6 Å². The Kier molecular flexibility index (Phi) is 2.67. The second-order valence-corrected chi connectivity index (χ2v) is 3.21. The van der Waals surface area contributed by atoms with Crippen molar-refractivity contribution < 1.29 is 16.1 Å². The third kappa shape index (κ3) is 1.74. The van der Waals surface area contributed by atoms with E-state index in [9.17, 15) is 30.3 Å². The van der Waals surface area contributed by atoms with Crippen LogP contribution in [0.5, 0.6) is 0 Å². The van der Waals surface area contributed by atoms with Crippen molar-refractivity contribution in [2.24, 2.45) is 17.2 Å². The Labute approximate surface area is 99.6 Å². The maximum Gasteiger partial charge on any atom is 0.374 e. The molecule has 1 rings (SSSR count). The van der Waals surface area contributed by atoms with E-state index in [-0.39, 0.29) is 0 Å². The number of hydrogen-bond donors (Lipinski definition) is 3. The van der Waals surface area contributed by atoms with Gasteiger partial charge in [-0.1, -0.05) is 0 Å². The van der Waals surface area contributed by atoms with E-state index in [0.29, 0.717) is 0 Å². The van der Waals surface area contributed by atoms with Gasteiger partial charge >= 0.3 is 17.8 Å². The molecule has 0 bridgehead atoms. The van der Waals surface area contributed by atoms with Gasteiger partial charge in [0, 0.05) is 9.85 Å². The molecule has 0 aromatic carbocycles. The number of rotatable bonds is 3. The van der Waals surface area contributed by atoms with Gasteiger partial charge in [0.1, 0.15) is 12.8 Å². The summed E-state index contributed by atoms with van der Waals surface area (Å²) in [4.78, 5) is 28.5. The molecule has 0 radical (unpaired) electrons. The van der Waals surface area contributed by atoms with Crippen LogP contribution in [-0.2, 0) is 0 Å². The van der Waals surface area contributed by atoms with Crippen molar-refractivity contribution in [2.45, 2.75) is 12.1 Å². The summed E-state index contributed by atoms with van der Waals surface area (Å²) in [5, 5.41) is 32.5. The highest BCUT2D eigenvalue weighted by molar-refractivity contribution is 5.39. The zero-order chi connectivity index (χ0) is 15.1. The van der Waals surface area contributed by atoms with Gasteiger partial charge < -0.3 is 17.2 Å². The van der Waals surface area contributed by atoms with Crippen molar-refractivity contribution in [3.8, 4) is 0 Å². The van der Waals surface area contributed by atoms with Crippen molar-refractivity contribution in [2.75, 3.05) is 0 Å². The van der Waals surface area contributed by atoms with Gasteiger partial charge in [-0.25, -0.2) is 0 Å². The summed E-state index contributed by atoms with van der Waals surface area (Å²) in [6.45, 7) is 0. The Bertz CT molecular complexity index is 556. The fraction of sp³-hybridized carbons (Fsp3) is 0.333. The summed E-state index contributed by atoms with van der Waals surface area (Å²) in [6, 6.07) is -5.96. The molecule has 2 unspecified atom stereocenters. The minimum Gasteiger partial charge on any atom is -0.395 e. The fourth-order valence-corrected chi connectivity index (χ4v) is 1.44. The van der Waals surface area contributed by atoms with Gasteiger partial charge in [0.05, 0.1) is 10.6 Å². The number of nitro groups is 3. The van der Waals surface area contributed by atoms with Crippen molar-refractivity contribution in [3.63, 3.8) is 0 Å². The summed E-state index contributed by atoms with van der Waals surface area (Å²) in [5.74, 6) is 0. The van der Waals surface area contributed by atoms with Crippen molar-refractivity contribution >= 4 is 0 Å². The normalized spacial score (nSPS) is 28.9. The molecule has 18 heavy (non-hydrogen) atoms. The molecule has 0 heterocycles. The molecule has 98 valence electrons. The molecule has 0 fully saturated rings. The molecule has 0 saturated heterocycles. The van der Waals surface area contributed by atoms with Gasteiger partial charge in [0.25, 0.3) is 0 Å². The first-order valence-electron chi connectivity index (χ1n) is 4.74. The van der Waals surface area contributed by atoms with Crippen molar-refractivity contribution in [1.29, 1.82) is 0 Å². The maximum atomic E-state index is 10.9. The van der Waals surface area contributed by atoms with E-state index in [4.69, 9.17) is 18.6 Å². The number of nitrogens with two attached hydrogens (primary N) is 3. The average Bonchev–Trinajstić information content (AvgIpc) is 2.29. The number of nitrogens with zero attached hydrogens (tertiary/aromatic N) is 3. The molecule has 0 aliphatic heterocycles. The van der Waals surface area contributed by atoms with E-state index in [1.165, 1.54) is 0 Å². The highest BCUT2D eigenvalue weighted by Gasteiger charge is 2.57. The lowest BCUT2D eigenvalue weighted by Gasteiger charge is -2.20. The predicted molar refractivity (Wildman–Crippen MR) is 55.2 cm³/mol. The van der Waals surface area contributed by atoms with Crippen LogP contribution < -0.4 is 17.2 Å². The summed E-state index contributed by atoms with van der Waals surface area (Å²) < 4.78 is 7.52. The molecule has 1 aliphatic carbocycles. The molecule has 0 spiro atoms. The summed E-state index contributed by atoms with van der Waals surface area (Å²) >= 11 is 0. The quantitative estimate of drug-likeness (QED) is 0.373. The van der Waals surface area contributed by atoms with Crippen LogP contribution in [0.2, 0.25) is 0 Å². The SMILES string of the molecule is [2H]C1([N+](=O)[O-])C(N)=C(N)C(N)=C([N+](=O)[O-])C1[N+](=O)[O-]. The fourth-order valence-electron chi connectivity index (χ4n) is 1.44. The zero-order valence-electron chi connectivity index (χ0n) is 9.60. The van der Waals surface area contributed by atoms with Crippen LogP contribution in [0.25, 0.3) is 0 Å². The Morgan fingerprint density at radius 2 is 1.50 bits per heavy atom. The van der Waals surface area contributed by atoms with Gasteiger partial charge in [0.2, 0.25) is 0 Å². The van der Waals surface area contributed by atoms with Crippen LogP contribution in [0.4, 0.5) is 0 Å². The Balaban J connectivity index is 3.76. The number of hydrogen-bond acceptors (Lipinski definition) is 9. The lowest BCUT2D eigenvalue weighted by molar-refractivity contribution is -0.624. The van der Waals surface area contributed by atoms with Gasteiger partial charge in [-0.2, -0.15) is 0 Å². The molecular weight excluding hydrogens is 252 g/mol. The van der Waals surface area contributed by atoms with Crippen LogP contribution in [-0.4, -0.2) is 26.8 Å². The Hall–Kier alpha value is -2.92. The van der Waals surface area contributed by atoms with E-state index in [0.717, 1.165) is 0 Å². The van der Waals surface area contributed by atoms with E-state index in [1.807, 2.05) is 0 Å². The van der Waals surface area contributed by atoms with Crippen LogP contribution >= 0.6 is 0 Å². The molecule has 12 heteroatoms. The molecule has 0 aromatic rings. The van der Waals surface area contributed by atoms with Crippen LogP contribution in [0.1, 0.15) is 1.37 Å². The summed E-state index contributed by atoms with van der Waals surface area (Å²) in [5.41, 5.74) is 11.7. The average molecular weight is 261 g/mol. The Morgan fingerprint density at radius 3 is 1.83 bits per heavy atom. The molecule has 0 amide bonds. The van der Waals surface area contributed by atoms with Crippen LogP contribution in [0.3, 0.4) is 0 Å². The molecule has 1 aliphatic rings. The van der Waals surface area contributed by atoms with Crippen LogP contribution in [0.15, 0.2) is 22.8 Å². The topological polar surface area (TPSA) is 207 Å². The minimum atomic E-state index is -3.29. The second kappa shape index (κ2) is 4.15. The Morgan fingerprint density at radius 1 is 1.00 bits per heavy atom. The van der Waals surface area contributed by atoms with E-state index in [2.05, 4.69) is 0 Å². The first-order valence-corrected chi connectivity index (χ1v) is 4.24. The maximum absolute atomic E-state index is 10.9. The molecule has 2 atom stereocenters. The molecular formula is C6H8N6O6. The lowest BCUT2D eigenvalue weighted by Crippen LogP contribution is -2.50. The third-order valence-electron chi connectivity index (χ3n) is 2.25. The minimum absolute atomic E-state index is 0.781. The van der Waals surface area contributed by atoms with E-state index >= 15 is 0 Å². The molecule has 0 aromatic heterocycles. The van der Waals surface area contributed by atoms with Gasteiger partial charge in [-0.05, 0) is 0 Å². The monoisotopic (exact) mass is 261 g/mol. The van der Waals surface area contributed by atoms with Gasteiger partial charge in [-0.15, -0.1) is 0 Å². The third-order valence-corrected chi connectivity index (χ3v) is 2.25. The molecule has 6 N–H and O–H groups in total. The largest absolute Gasteiger partial charge is 0.395 e. The highest BCUT2D eigenvalue weighted by Crippen LogP contribution is 2.27. The predicted octanol–water partition coefficient (Wildman–Crippen LogP) is -2.13. The smallest absolute Gasteiger partial charge is 0.374 e. The molecule has 0 saturated carbocycles.